The maximum atomic E-state index is 14.5. The van der Waals surface area contributed by atoms with Crippen LogP contribution >= 0.6 is 12.4 Å². The van der Waals surface area contributed by atoms with Crippen molar-refractivity contribution < 1.29 is 42.8 Å². The third-order valence-corrected chi connectivity index (χ3v) is 12.6. The lowest BCUT2D eigenvalue weighted by molar-refractivity contribution is -0.149. The number of nitrogens with zero attached hydrogens (tertiary/aromatic N) is 6. The summed E-state index contributed by atoms with van der Waals surface area (Å²) in [6.45, 7) is 0. The highest BCUT2D eigenvalue weighted by atomic mass is 35.5. The molecule has 6 aromatic heterocycles. The van der Waals surface area contributed by atoms with Crippen LogP contribution in [0.4, 0.5) is 29.2 Å². The molecule has 4 bridgehead atoms. The van der Waals surface area contributed by atoms with E-state index in [9.17, 15) is 37.4 Å². The van der Waals surface area contributed by atoms with Gasteiger partial charge in [-0.3, -0.25) is 9.59 Å². The van der Waals surface area contributed by atoms with E-state index in [-0.39, 0.29) is 76.9 Å². The monoisotopic (exact) mass is 852 g/mol. The van der Waals surface area contributed by atoms with E-state index in [1.54, 1.807) is 12.4 Å². The molecular weight excluding hydrogens is 812 g/mol. The number of carbonyl (C=O) groups is 2. The number of anilines is 2. The predicted molar refractivity (Wildman–Crippen MR) is 213 cm³/mol. The minimum absolute atomic E-state index is 0. The summed E-state index contributed by atoms with van der Waals surface area (Å²) >= 11 is 0. The van der Waals surface area contributed by atoms with Gasteiger partial charge in [0.15, 0.2) is 34.9 Å². The SMILES string of the molecule is Cl.O.O=C(O)[C@H]1C2CCC(CC2)[C@@H]1Nc1nc(-c2c[nH]c3ncc(F)cc23)ncc1F.O=C(O)[C@H]1C2CCC(CC2)[C@@H]1Nc1nc(-c2c[nH]c3ncc(F)cc23)ncc1F. The molecule has 8 N–H and O–H groups in total. The Balaban J connectivity index is 0.000000176. The van der Waals surface area contributed by atoms with Crippen LogP contribution in [0.15, 0.2) is 49.3 Å². The fraction of sp³-hybridized carbons (Fsp3) is 0.400. The molecule has 12 rings (SSSR count). The maximum Gasteiger partial charge on any atom is 0.308 e. The molecule has 6 aliphatic carbocycles. The van der Waals surface area contributed by atoms with Gasteiger partial charge in [-0.15, -0.1) is 12.4 Å². The third-order valence-electron chi connectivity index (χ3n) is 12.6. The Bertz CT molecular complexity index is 2370. The first kappa shape index (κ1) is 42.2. The van der Waals surface area contributed by atoms with Crippen molar-refractivity contribution in [2.24, 2.45) is 35.5 Å². The number of rotatable bonds is 8. The molecule has 316 valence electrons. The lowest BCUT2D eigenvalue weighted by Gasteiger charge is -2.47. The number of fused-ring (bicyclic) bond motifs is 8. The standard InChI is InChI=1S/2C20H19F2N5O2.ClH.H2O/c2*21-11-5-12-13(7-24-17(12)23-6-11)18-25-8-14(22)19(27-18)26-16-10-3-1-9(2-4-10)15(16)20(28)29;;/h2*5-10,15-16H,1-4H2,(H,23,24)(H,28,29)(H,25,26,27);1H;1H2/t2*9?,10?,15-,16-;;/m00../s1. The zero-order chi connectivity index (χ0) is 40.2. The highest BCUT2D eigenvalue weighted by molar-refractivity contribution is 5.92. The van der Waals surface area contributed by atoms with E-state index >= 15 is 0 Å². The molecule has 0 saturated heterocycles. The topological polar surface area (TPSA) is 239 Å². The summed E-state index contributed by atoms with van der Waals surface area (Å²) < 4.78 is 56.2. The zero-order valence-electron chi connectivity index (χ0n) is 31.7. The molecule has 6 aliphatic rings. The summed E-state index contributed by atoms with van der Waals surface area (Å²) in [5.74, 6) is -4.24. The van der Waals surface area contributed by atoms with Crippen LogP contribution in [0, 0.1) is 58.8 Å². The molecule has 0 aliphatic heterocycles. The number of nitrogens with one attached hydrogen (secondary N) is 4. The second-order valence-electron chi connectivity index (χ2n) is 15.7. The fourth-order valence-electron chi connectivity index (χ4n) is 9.86. The number of hydrogen-bond acceptors (Lipinski definition) is 10. The van der Waals surface area contributed by atoms with Gasteiger partial charge in [-0.25, -0.2) is 47.5 Å². The van der Waals surface area contributed by atoms with E-state index < -0.39 is 47.0 Å². The van der Waals surface area contributed by atoms with E-state index in [0.29, 0.717) is 33.2 Å². The van der Waals surface area contributed by atoms with Crippen molar-refractivity contribution in [1.82, 2.24) is 39.9 Å². The quantitative estimate of drug-likeness (QED) is 0.0868. The minimum atomic E-state index is -0.857. The number of hydrogen-bond donors (Lipinski definition) is 6. The van der Waals surface area contributed by atoms with Gasteiger partial charge in [0.05, 0.1) is 36.6 Å². The van der Waals surface area contributed by atoms with Crippen LogP contribution < -0.4 is 10.6 Å². The van der Waals surface area contributed by atoms with Crippen molar-refractivity contribution in [1.29, 1.82) is 0 Å². The molecule has 0 unspecified atom stereocenters. The summed E-state index contributed by atoms with van der Waals surface area (Å²) in [4.78, 5) is 54.2. The third kappa shape index (κ3) is 7.78. The Morgan fingerprint density at radius 1 is 0.583 bits per heavy atom. The first-order valence-corrected chi connectivity index (χ1v) is 19.3. The molecule has 6 saturated carbocycles. The highest BCUT2D eigenvalue weighted by Crippen LogP contribution is 2.48. The second kappa shape index (κ2) is 17.0. The van der Waals surface area contributed by atoms with Gasteiger partial charge >= 0.3 is 11.9 Å². The van der Waals surface area contributed by atoms with Gasteiger partial charge < -0.3 is 36.3 Å². The molecule has 6 fully saturated rings. The first-order chi connectivity index (χ1) is 28.0. The summed E-state index contributed by atoms with van der Waals surface area (Å²) in [6.07, 6.45) is 14.8. The van der Waals surface area contributed by atoms with E-state index in [1.165, 1.54) is 12.1 Å². The first-order valence-electron chi connectivity index (χ1n) is 19.3. The Kier molecular flexibility index (Phi) is 11.9. The summed E-state index contributed by atoms with van der Waals surface area (Å²) in [5, 5.41) is 26.5. The van der Waals surface area contributed by atoms with Crippen molar-refractivity contribution in [2.45, 2.75) is 63.5 Å². The maximum absolute atomic E-state index is 14.5. The zero-order valence-corrected chi connectivity index (χ0v) is 32.5. The van der Waals surface area contributed by atoms with Gasteiger partial charge in [-0.1, -0.05) is 0 Å². The molecular formula is C40H41ClF4N10O5. The Hall–Kier alpha value is -5.95. The van der Waals surface area contributed by atoms with E-state index in [4.69, 9.17) is 0 Å². The normalized spacial score (nSPS) is 25.1. The molecule has 15 nitrogen and oxygen atoms in total. The van der Waals surface area contributed by atoms with Gasteiger partial charge in [0.1, 0.15) is 22.9 Å². The van der Waals surface area contributed by atoms with E-state index in [1.807, 2.05) is 0 Å². The molecule has 0 amide bonds. The summed E-state index contributed by atoms with van der Waals surface area (Å²) in [6, 6.07) is 1.88. The smallest absolute Gasteiger partial charge is 0.308 e. The van der Waals surface area contributed by atoms with Gasteiger partial charge in [-0.2, -0.15) is 0 Å². The Labute approximate surface area is 345 Å². The number of aromatic nitrogens is 8. The lowest BCUT2D eigenvalue weighted by atomic mass is 9.61. The number of carboxylic acid groups (broad SMARTS) is 2. The molecule has 4 atom stereocenters. The molecule has 60 heavy (non-hydrogen) atoms. The van der Waals surface area contributed by atoms with Crippen LogP contribution in [-0.2, 0) is 9.59 Å². The van der Waals surface area contributed by atoms with Crippen LogP contribution in [0.1, 0.15) is 51.4 Å². The molecule has 20 heteroatoms. The minimum Gasteiger partial charge on any atom is -0.481 e. The summed E-state index contributed by atoms with van der Waals surface area (Å²) in [5.41, 5.74) is 1.93. The molecule has 0 radical (unpaired) electrons. The van der Waals surface area contributed by atoms with Gasteiger partial charge in [0.25, 0.3) is 0 Å². The van der Waals surface area contributed by atoms with Gasteiger partial charge in [-0.05, 0) is 87.2 Å². The van der Waals surface area contributed by atoms with Crippen LogP contribution in [0.5, 0.6) is 0 Å². The van der Waals surface area contributed by atoms with E-state index in [2.05, 4.69) is 50.5 Å². The Morgan fingerprint density at radius 2 is 0.950 bits per heavy atom. The number of carboxylic acids is 2. The number of pyridine rings is 2. The van der Waals surface area contributed by atoms with Crippen molar-refractivity contribution in [2.75, 3.05) is 10.6 Å². The van der Waals surface area contributed by atoms with Gasteiger partial charge in [0, 0.05) is 46.4 Å². The van der Waals surface area contributed by atoms with E-state index in [0.717, 1.165) is 76.2 Å². The Morgan fingerprint density at radius 3 is 1.32 bits per heavy atom. The number of aliphatic carboxylic acids is 2. The predicted octanol–water partition coefficient (Wildman–Crippen LogP) is 6.80. The molecule has 6 heterocycles. The van der Waals surface area contributed by atoms with Crippen LogP contribution in [0.25, 0.3) is 44.8 Å². The van der Waals surface area contributed by atoms with Crippen LogP contribution in [-0.4, -0.2) is 79.6 Å². The van der Waals surface area contributed by atoms with Crippen molar-refractivity contribution in [3.05, 3.63) is 72.6 Å². The van der Waals surface area contributed by atoms with Gasteiger partial charge in [0.2, 0.25) is 0 Å². The van der Waals surface area contributed by atoms with Crippen LogP contribution in [0.3, 0.4) is 0 Å². The average Bonchev–Trinajstić information content (AvgIpc) is 3.84. The highest BCUT2D eigenvalue weighted by Gasteiger charge is 2.49. The summed E-state index contributed by atoms with van der Waals surface area (Å²) in [7, 11) is 0. The average molecular weight is 853 g/mol. The van der Waals surface area contributed by atoms with Crippen LogP contribution in [0.2, 0.25) is 0 Å². The lowest BCUT2D eigenvalue weighted by Crippen LogP contribution is -2.51. The number of H-pyrrole nitrogens is 2. The fourth-order valence-corrected chi connectivity index (χ4v) is 9.86. The van der Waals surface area contributed by atoms with Crippen molar-refractivity contribution in [3.8, 4) is 22.8 Å². The second-order valence-corrected chi connectivity index (χ2v) is 15.7. The van der Waals surface area contributed by atoms with Crippen molar-refractivity contribution >= 4 is 58.0 Å². The number of aromatic amines is 2. The number of halogens is 5. The van der Waals surface area contributed by atoms with Crippen molar-refractivity contribution in [3.63, 3.8) is 0 Å². The molecule has 0 spiro atoms. The largest absolute Gasteiger partial charge is 0.481 e. The molecule has 0 aromatic carbocycles. The molecule has 6 aromatic rings.